The molecule has 3 rings (SSSR count). The molecule has 0 aliphatic heterocycles. The summed E-state index contributed by atoms with van der Waals surface area (Å²) in [6, 6.07) is 7.72. The van der Waals surface area contributed by atoms with E-state index in [0.29, 0.717) is 0 Å². The van der Waals surface area contributed by atoms with Crippen molar-refractivity contribution < 1.29 is 4.79 Å². The van der Waals surface area contributed by atoms with E-state index in [0.717, 1.165) is 42.1 Å². The van der Waals surface area contributed by atoms with Gasteiger partial charge in [0.1, 0.15) is 0 Å². The number of nitrogens with zero attached hydrogens (tertiary/aromatic N) is 1. The lowest BCUT2D eigenvalue weighted by Crippen LogP contribution is -2.52. The minimum absolute atomic E-state index is 0.0680. The number of carbonyl (C=O) groups excluding carboxylic acids is 1. The first-order chi connectivity index (χ1) is 9.69. The van der Waals surface area contributed by atoms with E-state index in [4.69, 9.17) is 5.73 Å². The molecule has 4 heteroatoms. The van der Waals surface area contributed by atoms with Crippen LogP contribution in [0.15, 0.2) is 36.7 Å². The Bertz CT molecular complexity index is 627. The first kappa shape index (κ1) is 13.1. The average Bonchev–Trinajstić information content (AvgIpc) is 2.48. The lowest BCUT2D eigenvalue weighted by Gasteiger charge is -2.31. The summed E-state index contributed by atoms with van der Waals surface area (Å²) in [6.45, 7) is 0. The molecule has 1 amide bonds. The lowest BCUT2D eigenvalue weighted by atomic mass is 9.82. The lowest BCUT2D eigenvalue weighted by molar-refractivity contribution is -0.122. The first-order valence-electron chi connectivity index (χ1n) is 7.12. The summed E-state index contributed by atoms with van der Waals surface area (Å²) in [7, 11) is 0. The second-order valence-electron chi connectivity index (χ2n) is 5.57. The Morgan fingerprint density at radius 2 is 2.00 bits per heavy atom. The van der Waals surface area contributed by atoms with Crippen LogP contribution in [0.2, 0.25) is 0 Å². The maximum Gasteiger partial charge on any atom is 0.244 e. The van der Waals surface area contributed by atoms with Crippen LogP contribution in [0, 0.1) is 0 Å². The zero-order valence-electron chi connectivity index (χ0n) is 11.4. The molecule has 0 unspecified atom stereocenters. The number of hydrogen-bond donors (Lipinski definition) is 2. The van der Waals surface area contributed by atoms with Gasteiger partial charge in [-0.3, -0.25) is 9.78 Å². The number of amides is 1. The number of nitrogens with one attached hydrogen (secondary N) is 1. The Kier molecular flexibility index (Phi) is 3.40. The second-order valence-corrected chi connectivity index (χ2v) is 5.57. The molecule has 1 heterocycles. The van der Waals surface area contributed by atoms with Crippen LogP contribution >= 0.6 is 0 Å². The van der Waals surface area contributed by atoms with Gasteiger partial charge < -0.3 is 11.1 Å². The Balaban J connectivity index is 1.87. The predicted molar refractivity (Wildman–Crippen MR) is 80.4 cm³/mol. The van der Waals surface area contributed by atoms with Gasteiger partial charge in [0.2, 0.25) is 5.91 Å². The number of carbonyl (C=O) groups is 1. The fraction of sp³-hybridized carbons (Fsp3) is 0.375. The normalized spacial score (nSPS) is 17.9. The largest absolute Gasteiger partial charge is 0.324 e. The van der Waals surface area contributed by atoms with E-state index in [1.807, 2.05) is 24.3 Å². The monoisotopic (exact) mass is 269 g/mol. The quantitative estimate of drug-likeness (QED) is 0.881. The van der Waals surface area contributed by atoms with E-state index in [-0.39, 0.29) is 5.91 Å². The molecular weight excluding hydrogens is 250 g/mol. The van der Waals surface area contributed by atoms with Crippen LogP contribution in [0.3, 0.4) is 0 Å². The molecule has 1 aliphatic carbocycles. The molecule has 3 N–H and O–H groups in total. The average molecular weight is 269 g/mol. The van der Waals surface area contributed by atoms with Crippen molar-refractivity contribution in [1.82, 2.24) is 4.98 Å². The fourth-order valence-electron chi connectivity index (χ4n) is 2.89. The predicted octanol–water partition coefficient (Wildman–Crippen LogP) is 2.83. The molecular formula is C16H19N3O. The minimum Gasteiger partial charge on any atom is -0.324 e. The molecule has 104 valence electrons. The zero-order valence-corrected chi connectivity index (χ0v) is 11.4. The van der Waals surface area contributed by atoms with Gasteiger partial charge in [-0.05, 0) is 25.0 Å². The second kappa shape index (κ2) is 5.21. The summed E-state index contributed by atoms with van der Waals surface area (Å²) >= 11 is 0. The molecule has 0 saturated heterocycles. The third-order valence-corrected chi connectivity index (χ3v) is 4.13. The molecule has 1 aromatic heterocycles. The number of benzene rings is 1. The van der Waals surface area contributed by atoms with Crippen molar-refractivity contribution in [2.45, 2.75) is 37.6 Å². The maximum atomic E-state index is 12.5. The molecule has 1 saturated carbocycles. The van der Waals surface area contributed by atoms with Crippen LogP contribution in [-0.2, 0) is 4.79 Å². The number of rotatable bonds is 2. The number of hydrogen-bond acceptors (Lipinski definition) is 3. The molecule has 0 atom stereocenters. The Labute approximate surface area is 118 Å². The Hall–Kier alpha value is -1.94. The number of pyridine rings is 1. The summed E-state index contributed by atoms with van der Waals surface area (Å²) in [5, 5.41) is 5.01. The summed E-state index contributed by atoms with van der Waals surface area (Å²) in [4.78, 5) is 16.6. The number of aromatic nitrogens is 1. The Morgan fingerprint density at radius 3 is 2.80 bits per heavy atom. The molecule has 1 fully saturated rings. The number of nitrogens with two attached hydrogens (primary N) is 1. The highest BCUT2D eigenvalue weighted by Crippen LogP contribution is 2.29. The minimum atomic E-state index is -0.715. The van der Waals surface area contributed by atoms with Crippen LogP contribution in [0.1, 0.15) is 32.1 Å². The number of anilines is 1. The molecule has 1 aromatic carbocycles. The zero-order chi connectivity index (χ0) is 14.0. The van der Waals surface area contributed by atoms with Crippen LogP contribution in [0.25, 0.3) is 10.8 Å². The smallest absolute Gasteiger partial charge is 0.244 e. The van der Waals surface area contributed by atoms with Gasteiger partial charge in [-0.2, -0.15) is 0 Å². The molecule has 1 aliphatic rings. The van der Waals surface area contributed by atoms with Crippen molar-refractivity contribution in [1.29, 1.82) is 0 Å². The third-order valence-electron chi connectivity index (χ3n) is 4.13. The van der Waals surface area contributed by atoms with Crippen molar-refractivity contribution in [3.05, 3.63) is 36.7 Å². The van der Waals surface area contributed by atoms with Gasteiger partial charge in [0.15, 0.2) is 0 Å². The van der Waals surface area contributed by atoms with Gasteiger partial charge in [0.25, 0.3) is 0 Å². The molecule has 0 bridgehead atoms. The van der Waals surface area contributed by atoms with E-state index >= 15 is 0 Å². The van der Waals surface area contributed by atoms with Gasteiger partial charge in [0, 0.05) is 28.9 Å². The van der Waals surface area contributed by atoms with E-state index in [1.54, 1.807) is 12.4 Å². The highest BCUT2D eigenvalue weighted by atomic mass is 16.2. The maximum absolute atomic E-state index is 12.5. The molecule has 2 aromatic rings. The van der Waals surface area contributed by atoms with Crippen molar-refractivity contribution in [2.24, 2.45) is 5.73 Å². The molecule has 4 nitrogen and oxygen atoms in total. The van der Waals surface area contributed by atoms with Gasteiger partial charge in [-0.15, -0.1) is 0 Å². The molecule has 20 heavy (non-hydrogen) atoms. The third kappa shape index (κ3) is 2.39. The van der Waals surface area contributed by atoms with Crippen LogP contribution in [-0.4, -0.2) is 16.4 Å². The van der Waals surface area contributed by atoms with Crippen molar-refractivity contribution in [3.8, 4) is 0 Å². The molecule has 0 radical (unpaired) electrons. The van der Waals surface area contributed by atoms with Crippen LogP contribution in [0.4, 0.5) is 5.69 Å². The summed E-state index contributed by atoms with van der Waals surface area (Å²) in [5.74, 6) is -0.0680. The summed E-state index contributed by atoms with van der Waals surface area (Å²) in [6.07, 6.45) is 8.30. The standard InChI is InChI=1S/C16H19N3O/c17-16(8-2-1-3-9-16)15(20)19-14-6-4-5-12-11-18-10-7-13(12)14/h4-7,10-11H,1-3,8-9,17H2,(H,19,20). The highest BCUT2D eigenvalue weighted by Gasteiger charge is 2.35. The van der Waals surface area contributed by atoms with Crippen LogP contribution < -0.4 is 11.1 Å². The van der Waals surface area contributed by atoms with Gasteiger partial charge in [0.05, 0.1) is 5.54 Å². The van der Waals surface area contributed by atoms with E-state index in [1.165, 1.54) is 6.42 Å². The number of fused-ring (bicyclic) bond motifs is 1. The van der Waals surface area contributed by atoms with Crippen molar-refractivity contribution in [2.75, 3.05) is 5.32 Å². The van der Waals surface area contributed by atoms with Gasteiger partial charge >= 0.3 is 0 Å². The molecule has 0 spiro atoms. The SMILES string of the molecule is NC1(C(=O)Nc2cccc3cnccc23)CCCCC1. The van der Waals surface area contributed by atoms with Crippen molar-refractivity contribution >= 4 is 22.4 Å². The summed E-state index contributed by atoms with van der Waals surface area (Å²) < 4.78 is 0. The summed E-state index contributed by atoms with van der Waals surface area (Å²) in [5.41, 5.74) is 6.37. The van der Waals surface area contributed by atoms with Crippen LogP contribution in [0.5, 0.6) is 0 Å². The fourth-order valence-corrected chi connectivity index (χ4v) is 2.89. The van der Waals surface area contributed by atoms with Gasteiger partial charge in [-0.25, -0.2) is 0 Å². The Morgan fingerprint density at radius 1 is 1.20 bits per heavy atom. The first-order valence-corrected chi connectivity index (χ1v) is 7.12. The highest BCUT2D eigenvalue weighted by molar-refractivity contribution is 6.05. The van der Waals surface area contributed by atoms with Crippen molar-refractivity contribution in [3.63, 3.8) is 0 Å². The van der Waals surface area contributed by atoms with E-state index in [9.17, 15) is 4.79 Å². The van der Waals surface area contributed by atoms with E-state index in [2.05, 4.69) is 10.3 Å². The van der Waals surface area contributed by atoms with Gasteiger partial charge in [-0.1, -0.05) is 31.4 Å². The van der Waals surface area contributed by atoms with E-state index < -0.39 is 5.54 Å². The topological polar surface area (TPSA) is 68.0 Å².